The van der Waals surface area contributed by atoms with Gasteiger partial charge in [0.15, 0.2) is 0 Å². The molecule has 1 aliphatic rings. The Morgan fingerprint density at radius 1 is 1.46 bits per heavy atom. The molecule has 0 aromatic heterocycles. The molecule has 0 aliphatic carbocycles. The van der Waals surface area contributed by atoms with Crippen LogP contribution in [0.3, 0.4) is 0 Å². The van der Waals surface area contributed by atoms with Crippen LogP contribution in [0.4, 0.5) is 0 Å². The van der Waals surface area contributed by atoms with Crippen molar-refractivity contribution in [1.82, 2.24) is 10.2 Å². The fraction of sp³-hybridized carbons (Fsp3) is 1.00. The van der Waals surface area contributed by atoms with Crippen molar-refractivity contribution in [1.29, 1.82) is 0 Å². The molecule has 0 amide bonds. The summed E-state index contributed by atoms with van der Waals surface area (Å²) in [5.74, 6) is 0. The molecule has 0 radical (unpaired) electrons. The lowest BCUT2D eigenvalue weighted by atomic mass is 10.3. The molecule has 2 N–H and O–H groups in total. The van der Waals surface area contributed by atoms with Gasteiger partial charge in [0.2, 0.25) is 0 Å². The lowest BCUT2D eigenvalue weighted by Crippen LogP contribution is -2.48. The molecule has 1 heterocycles. The van der Waals surface area contributed by atoms with Crippen molar-refractivity contribution in [3.8, 4) is 0 Å². The number of piperazine rings is 1. The molecule has 1 fully saturated rings. The molecular formula is C6H14N2O4S. The van der Waals surface area contributed by atoms with Crippen molar-refractivity contribution < 1.29 is 17.2 Å². The normalized spacial score (nSPS) is 22.9. The van der Waals surface area contributed by atoms with E-state index in [-0.39, 0.29) is 0 Å². The first-order chi connectivity index (χ1) is 5.99. The Morgan fingerprint density at radius 2 is 2.00 bits per heavy atom. The van der Waals surface area contributed by atoms with Crippen LogP contribution < -0.4 is 5.32 Å². The maximum atomic E-state index is 10.4. The second-order valence-electron chi connectivity index (χ2n) is 2.91. The molecule has 0 aromatic carbocycles. The predicted octanol–water partition coefficient (Wildman–Crippen LogP) is -0.943. The Labute approximate surface area is 77.8 Å². The molecule has 0 aromatic rings. The van der Waals surface area contributed by atoms with E-state index in [1.165, 1.54) is 0 Å². The van der Waals surface area contributed by atoms with Crippen LogP contribution in [0.2, 0.25) is 0 Å². The van der Waals surface area contributed by atoms with Gasteiger partial charge in [-0.25, -0.2) is 4.18 Å². The fourth-order valence-corrected chi connectivity index (χ4v) is 1.76. The van der Waals surface area contributed by atoms with E-state index >= 15 is 0 Å². The van der Waals surface area contributed by atoms with Gasteiger partial charge >= 0.3 is 10.4 Å². The van der Waals surface area contributed by atoms with Gasteiger partial charge in [0, 0.05) is 26.2 Å². The highest BCUT2D eigenvalue weighted by Gasteiger charge is 2.21. The first kappa shape index (κ1) is 10.9. The van der Waals surface area contributed by atoms with E-state index in [2.05, 4.69) is 9.50 Å². The Balaban J connectivity index is 2.42. The summed E-state index contributed by atoms with van der Waals surface area (Å²) >= 11 is 0. The third kappa shape index (κ3) is 4.01. The van der Waals surface area contributed by atoms with Crippen molar-refractivity contribution >= 4 is 10.4 Å². The summed E-state index contributed by atoms with van der Waals surface area (Å²) in [6.07, 6.45) is -0.600. The van der Waals surface area contributed by atoms with Crippen LogP contribution in [-0.4, -0.2) is 50.3 Å². The topological polar surface area (TPSA) is 78.9 Å². The highest BCUT2D eigenvalue weighted by atomic mass is 32.3. The maximum Gasteiger partial charge on any atom is 0.398 e. The molecule has 1 saturated heterocycles. The molecule has 0 bridgehead atoms. The Kier molecular flexibility index (Phi) is 3.63. The lowest BCUT2D eigenvalue weighted by Gasteiger charge is -2.31. The van der Waals surface area contributed by atoms with Crippen LogP contribution in [-0.2, 0) is 14.6 Å². The predicted molar refractivity (Wildman–Crippen MR) is 46.5 cm³/mol. The number of rotatable bonds is 3. The SMILES string of the molecule is CC(OS(=O)(=O)O)N1CCNCC1. The van der Waals surface area contributed by atoms with Crippen LogP contribution in [0.15, 0.2) is 0 Å². The Bertz CT molecular complexity index is 247. The molecule has 1 aliphatic heterocycles. The summed E-state index contributed by atoms with van der Waals surface area (Å²) in [5, 5.41) is 3.12. The molecule has 1 unspecified atom stereocenters. The van der Waals surface area contributed by atoms with Gasteiger partial charge in [0.05, 0.1) is 0 Å². The summed E-state index contributed by atoms with van der Waals surface area (Å²) in [5.41, 5.74) is 0. The number of hydrogen-bond donors (Lipinski definition) is 2. The van der Waals surface area contributed by atoms with Gasteiger partial charge in [-0.2, -0.15) is 8.42 Å². The van der Waals surface area contributed by atoms with Gasteiger partial charge in [-0.15, -0.1) is 0 Å². The zero-order valence-electron chi connectivity index (χ0n) is 7.43. The average Bonchev–Trinajstić information content (AvgIpc) is 2.03. The second-order valence-corrected chi connectivity index (χ2v) is 3.96. The molecule has 0 saturated carbocycles. The molecule has 0 spiro atoms. The quantitative estimate of drug-likeness (QED) is 0.585. The van der Waals surface area contributed by atoms with E-state index in [1.807, 2.05) is 4.90 Å². The van der Waals surface area contributed by atoms with E-state index < -0.39 is 16.6 Å². The highest BCUT2D eigenvalue weighted by molar-refractivity contribution is 7.80. The third-order valence-corrected chi connectivity index (χ3v) is 2.45. The minimum atomic E-state index is -4.33. The average molecular weight is 210 g/mol. The van der Waals surface area contributed by atoms with E-state index in [9.17, 15) is 8.42 Å². The van der Waals surface area contributed by atoms with Crippen LogP contribution in [0, 0.1) is 0 Å². The van der Waals surface area contributed by atoms with Crippen molar-refractivity contribution in [2.24, 2.45) is 0 Å². The van der Waals surface area contributed by atoms with Gasteiger partial charge in [-0.1, -0.05) is 0 Å². The second kappa shape index (κ2) is 4.34. The van der Waals surface area contributed by atoms with Gasteiger partial charge in [-0.05, 0) is 6.92 Å². The summed E-state index contributed by atoms with van der Waals surface area (Å²) in [6.45, 7) is 4.64. The standard InChI is InChI=1S/C6H14N2O4S/c1-6(12-13(9,10)11)8-4-2-7-3-5-8/h6-7H,2-5H2,1H3,(H,9,10,11). The molecule has 13 heavy (non-hydrogen) atoms. The van der Waals surface area contributed by atoms with Crippen molar-refractivity contribution in [3.63, 3.8) is 0 Å². The zero-order chi connectivity index (χ0) is 9.90. The monoisotopic (exact) mass is 210 g/mol. The smallest absolute Gasteiger partial charge is 0.314 e. The van der Waals surface area contributed by atoms with Crippen LogP contribution in [0.5, 0.6) is 0 Å². The van der Waals surface area contributed by atoms with E-state index in [0.29, 0.717) is 0 Å². The number of hydrogen-bond acceptors (Lipinski definition) is 5. The lowest BCUT2D eigenvalue weighted by molar-refractivity contribution is 0.0277. The van der Waals surface area contributed by atoms with Crippen molar-refractivity contribution in [2.75, 3.05) is 26.2 Å². The van der Waals surface area contributed by atoms with Gasteiger partial charge in [0.1, 0.15) is 6.23 Å². The molecule has 6 nitrogen and oxygen atoms in total. The largest absolute Gasteiger partial charge is 0.398 e. The Morgan fingerprint density at radius 3 is 2.46 bits per heavy atom. The molecule has 7 heteroatoms. The fourth-order valence-electron chi connectivity index (χ4n) is 1.28. The van der Waals surface area contributed by atoms with Gasteiger partial charge in [0.25, 0.3) is 0 Å². The summed E-state index contributed by atoms with van der Waals surface area (Å²) in [6, 6.07) is 0. The van der Waals surface area contributed by atoms with Crippen LogP contribution >= 0.6 is 0 Å². The van der Waals surface area contributed by atoms with E-state index in [0.717, 1.165) is 26.2 Å². The number of nitrogens with one attached hydrogen (secondary N) is 1. The molecular weight excluding hydrogens is 196 g/mol. The molecule has 1 atom stereocenters. The summed E-state index contributed by atoms with van der Waals surface area (Å²) in [7, 11) is -4.33. The first-order valence-corrected chi connectivity index (χ1v) is 5.46. The molecule has 1 rings (SSSR count). The minimum absolute atomic E-state index is 0.600. The van der Waals surface area contributed by atoms with E-state index in [4.69, 9.17) is 4.55 Å². The van der Waals surface area contributed by atoms with Crippen LogP contribution in [0.1, 0.15) is 6.92 Å². The van der Waals surface area contributed by atoms with Gasteiger partial charge < -0.3 is 5.32 Å². The number of nitrogens with zero attached hydrogens (tertiary/aromatic N) is 1. The molecule has 78 valence electrons. The van der Waals surface area contributed by atoms with Crippen LogP contribution in [0.25, 0.3) is 0 Å². The maximum absolute atomic E-state index is 10.4. The first-order valence-electron chi connectivity index (χ1n) is 4.09. The minimum Gasteiger partial charge on any atom is -0.314 e. The Hall–Kier alpha value is -0.210. The van der Waals surface area contributed by atoms with Crippen molar-refractivity contribution in [3.05, 3.63) is 0 Å². The van der Waals surface area contributed by atoms with Gasteiger partial charge in [-0.3, -0.25) is 9.45 Å². The zero-order valence-corrected chi connectivity index (χ0v) is 8.25. The van der Waals surface area contributed by atoms with Crippen molar-refractivity contribution in [2.45, 2.75) is 13.2 Å². The van der Waals surface area contributed by atoms with E-state index in [1.54, 1.807) is 6.92 Å². The highest BCUT2D eigenvalue weighted by Crippen LogP contribution is 2.04. The third-order valence-electron chi connectivity index (χ3n) is 1.93. The summed E-state index contributed by atoms with van der Waals surface area (Å²) in [4.78, 5) is 1.84. The summed E-state index contributed by atoms with van der Waals surface area (Å²) < 4.78 is 33.6.